The highest BCUT2D eigenvalue weighted by Crippen LogP contribution is 2.19. The van der Waals surface area contributed by atoms with E-state index in [4.69, 9.17) is 0 Å². The topological polar surface area (TPSA) is 123 Å². The number of nitrogens with zero attached hydrogens (tertiary/aromatic N) is 1. The molecule has 1 fully saturated rings. The summed E-state index contributed by atoms with van der Waals surface area (Å²) in [4.78, 5) is 52.4. The zero-order valence-electron chi connectivity index (χ0n) is 18.4. The van der Waals surface area contributed by atoms with Crippen molar-refractivity contribution in [2.24, 2.45) is 11.8 Å². The summed E-state index contributed by atoms with van der Waals surface area (Å²) >= 11 is 0. The van der Waals surface area contributed by atoms with E-state index in [0.717, 1.165) is 5.01 Å². The Bertz CT molecular complexity index is 1050. The summed E-state index contributed by atoms with van der Waals surface area (Å²) in [5.41, 5.74) is 2.85. The maximum Gasteiger partial charge on any atom is 0.272 e. The molecule has 0 unspecified atom stereocenters. The van der Waals surface area contributed by atoms with Crippen LogP contribution in [0.1, 0.15) is 37.2 Å². The summed E-state index contributed by atoms with van der Waals surface area (Å²) in [6.07, 6.45) is 0.682. The van der Waals surface area contributed by atoms with Crippen LogP contribution in [0.25, 0.3) is 10.9 Å². The Morgan fingerprint density at radius 1 is 1.27 bits per heavy atom. The van der Waals surface area contributed by atoms with Gasteiger partial charge in [-0.15, -0.1) is 0 Å². The van der Waals surface area contributed by atoms with E-state index in [2.05, 4.69) is 21.0 Å². The number of carbonyl (C=O) groups is 4. The summed E-state index contributed by atoms with van der Waals surface area (Å²) in [6, 6.07) is 4.69. The van der Waals surface area contributed by atoms with Crippen LogP contribution in [-0.4, -0.2) is 59.4 Å². The van der Waals surface area contributed by atoms with Crippen LogP contribution in [0, 0.1) is 17.7 Å². The number of aromatic amines is 1. The lowest BCUT2D eigenvalue weighted by atomic mass is 10.0. The molecular weight excluding hydrogens is 436 g/mol. The second kappa shape index (κ2) is 10.4. The number of fused-ring (bicyclic) bond motifs is 1. The number of hydrogen-bond donors (Lipinski definition) is 4. The van der Waals surface area contributed by atoms with E-state index < -0.39 is 42.2 Å². The Hall–Kier alpha value is -3.50. The molecule has 1 aliphatic rings. The lowest BCUT2D eigenvalue weighted by Crippen LogP contribution is -2.56. The number of nitrogens with one attached hydrogen (secondary N) is 4. The van der Waals surface area contributed by atoms with Crippen LogP contribution < -0.4 is 16.1 Å². The predicted molar refractivity (Wildman–Crippen MR) is 116 cm³/mol. The standard InChI is InChI=1S/C22H27F2N5O4/c1-12(2)8-17(27-21(32)18-9-14-15(24)4-3-5-16(14)26-18)22(33)28-29(19(30)10-23)11-13-6-7-25-20(13)31/h3-5,9,12-13,17,26H,6-8,10-11H2,1-2H3,(H,25,31)(H,27,32)(H,28,33)/t13-,17-/m0/s1. The van der Waals surface area contributed by atoms with E-state index in [1.54, 1.807) is 6.07 Å². The van der Waals surface area contributed by atoms with Crippen LogP contribution in [0.4, 0.5) is 8.78 Å². The number of hydrazine groups is 1. The van der Waals surface area contributed by atoms with Crippen molar-refractivity contribution in [1.29, 1.82) is 0 Å². The Labute approximate surface area is 189 Å². The van der Waals surface area contributed by atoms with Crippen molar-refractivity contribution in [3.63, 3.8) is 0 Å². The molecule has 3 rings (SSSR count). The van der Waals surface area contributed by atoms with Gasteiger partial charge >= 0.3 is 0 Å². The van der Waals surface area contributed by atoms with Gasteiger partial charge in [-0.05, 0) is 37.0 Å². The number of hydrogen-bond acceptors (Lipinski definition) is 4. The predicted octanol–water partition coefficient (Wildman–Crippen LogP) is 1.42. The molecule has 0 aliphatic carbocycles. The van der Waals surface area contributed by atoms with Gasteiger partial charge < -0.3 is 15.6 Å². The molecule has 4 amide bonds. The van der Waals surface area contributed by atoms with Crippen molar-refractivity contribution in [1.82, 2.24) is 26.1 Å². The molecule has 0 radical (unpaired) electrons. The lowest BCUT2D eigenvalue weighted by Gasteiger charge is -2.27. The van der Waals surface area contributed by atoms with E-state index in [1.165, 1.54) is 18.2 Å². The molecule has 2 heterocycles. The van der Waals surface area contributed by atoms with Crippen LogP contribution >= 0.6 is 0 Å². The number of alkyl halides is 1. The number of rotatable bonds is 8. The quantitative estimate of drug-likeness (QED) is 0.442. The fourth-order valence-electron chi connectivity index (χ4n) is 3.71. The van der Waals surface area contributed by atoms with Crippen molar-refractivity contribution in [3.05, 3.63) is 35.8 Å². The molecule has 2 atom stereocenters. The van der Waals surface area contributed by atoms with Crippen LogP contribution in [0.15, 0.2) is 24.3 Å². The van der Waals surface area contributed by atoms with Gasteiger partial charge in [0, 0.05) is 17.4 Å². The average Bonchev–Trinajstić information content (AvgIpc) is 3.39. The first-order chi connectivity index (χ1) is 15.7. The van der Waals surface area contributed by atoms with Crippen molar-refractivity contribution >= 4 is 34.5 Å². The summed E-state index contributed by atoms with van der Waals surface area (Å²) in [7, 11) is 0. The maximum absolute atomic E-state index is 14.0. The van der Waals surface area contributed by atoms with Crippen molar-refractivity contribution in [2.75, 3.05) is 19.8 Å². The van der Waals surface area contributed by atoms with Gasteiger partial charge in [-0.1, -0.05) is 19.9 Å². The second-order valence-electron chi connectivity index (χ2n) is 8.43. The number of halogens is 2. The number of H-pyrrole nitrogens is 1. The zero-order valence-corrected chi connectivity index (χ0v) is 18.4. The first-order valence-electron chi connectivity index (χ1n) is 10.7. The third-order valence-electron chi connectivity index (χ3n) is 5.41. The molecule has 11 heteroatoms. The fraction of sp³-hybridized carbons (Fsp3) is 0.455. The monoisotopic (exact) mass is 463 g/mol. The first-order valence-corrected chi connectivity index (χ1v) is 10.7. The van der Waals surface area contributed by atoms with Gasteiger partial charge in [0.05, 0.1) is 12.5 Å². The van der Waals surface area contributed by atoms with E-state index >= 15 is 0 Å². The molecule has 0 saturated carbocycles. The molecule has 0 spiro atoms. The molecule has 2 aromatic rings. The van der Waals surface area contributed by atoms with Gasteiger partial charge in [-0.2, -0.15) is 0 Å². The van der Waals surface area contributed by atoms with Gasteiger partial charge in [0.15, 0.2) is 6.67 Å². The fourth-order valence-corrected chi connectivity index (χ4v) is 3.71. The Balaban J connectivity index is 1.74. The molecule has 4 N–H and O–H groups in total. The highest BCUT2D eigenvalue weighted by atomic mass is 19.1. The Morgan fingerprint density at radius 2 is 2.03 bits per heavy atom. The normalized spacial score (nSPS) is 16.5. The SMILES string of the molecule is CC(C)C[C@H](NC(=O)c1cc2c(F)cccc2[nH]1)C(=O)NN(C[C@@H]1CCNC1=O)C(=O)CF. The van der Waals surface area contributed by atoms with Crippen molar-refractivity contribution < 1.29 is 28.0 Å². The van der Waals surface area contributed by atoms with E-state index in [1.807, 2.05) is 13.8 Å². The van der Waals surface area contributed by atoms with Gasteiger partial charge in [0.25, 0.3) is 17.7 Å². The van der Waals surface area contributed by atoms with Crippen LogP contribution in [0.5, 0.6) is 0 Å². The summed E-state index contributed by atoms with van der Waals surface area (Å²) in [5, 5.41) is 6.24. The number of benzene rings is 1. The van der Waals surface area contributed by atoms with Crippen LogP contribution in [-0.2, 0) is 14.4 Å². The highest BCUT2D eigenvalue weighted by molar-refractivity contribution is 6.00. The van der Waals surface area contributed by atoms with Crippen LogP contribution in [0.2, 0.25) is 0 Å². The summed E-state index contributed by atoms with van der Waals surface area (Å²) in [6.45, 7) is 2.60. The first kappa shape index (κ1) is 24.1. The number of aromatic nitrogens is 1. The minimum atomic E-state index is -1.35. The molecule has 1 saturated heterocycles. The summed E-state index contributed by atoms with van der Waals surface area (Å²) < 4.78 is 27.0. The van der Waals surface area contributed by atoms with Gasteiger partial charge in [-0.3, -0.25) is 29.6 Å². The molecule has 9 nitrogen and oxygen atoms in total. The van der Waals surface area contributed by atoms with Gasteiger partial charge in [0.1, 0.15) is 17.6 Å². The zero-order chi connectivity index (χ0) is 24.1. The molecule has 0 bridgehead atoms. The lowest BCUT2D eigenvalue weighted by molar-refractivity contribution is -0.144. The second-order valence-corrected chi connectivity index (χ2v) is 8.43. The average molecular weight is 463 g/mol. The molecule has 33 heavy (non-hydrogen) atoms. The van der Waals surface area contributed by atoms with E-state index in [-0.39, 0.29) is 35.9 Å². The molecule has 1 aromatic heterocycles. The maximum atomic E-state index is 14.0. The highest BCUT2D eigenvalue weighted by Gasteiger charge is 2.31. The smallest absolute Gasteiger partial charge is 0.272 e. The molecule has 1 aromatic carbocycles. The Kier molecular flexibility index (Phi) is 7.62. The third-order valence-corrected chi connectivity index (χ3v) is 5.41. The van der Waals surface area contributed by atoms with E-state index in [0.29, 0.717) is 18.5 Å². The largest absolute Gasteiger partial charge is 0.356 e. The molecule has 178 valence electrons. The Morgan fingerprint density at radius 3 is 2.64 bits per heavy atom. The van der Waals surface area contributed by atoms with Crippen molar-refractivity contribution in [3.8, 4) is 0 Å². The number of amides is 4. The number of carbonyl (C=O) groups excluding carboxylic acids is 4. The third kappa shape index (κ3) is 5.85. The summed E-state index contributed by atoms with van der Waals surface area (Å²) in [5.74, 6) is -3.70. The minimum Gasteiger partial charge on any atom is -0.356 e. The van der Waals surface area contributed by atoms with Gasteiger partial charge in [0.2, 0.25) is 5.91 Å². The van der Waals surface area contributed by atoms with Crippen LogP contribution in [0.3, 0.4) is 0 Å². The molecule has 1 aliphatic heterocycles. The van der Waals surface area contributed by atoms with Gasteiger partial charge in [-0.25, -0.2) is 8.78 Å². The van der Waals surface area contributed by atoms with Crippen molar-refractivity contribution in [2.45, 2.75) is 32.7 Å². The van der Waals surface area contributed by atoms with E-state index in [9.17, 15) is 28.0 Å². The molecular formula is C22H27F2N5O4. The minimum absolute atomic E-state index is 0.00727.